The Kier molecular flexibility index (Phi) is 6.12. The molecule has 0 amide bonds. The fraction of sp³-hybridized carbons (Fsp3) is 0.214. The van der Waals surface area contributed by atoms with Gasteiger partial charge in [-0.25, -0.2) is 9.59 Å². The van der Waals surface area contributed by atoms with Crippen molar-refractivity contribution in [2.75, 3.05) is 16.6 Å². The van der Waals surface area contributed by atoms with Crippen LogP contribution in [0, 0.1) is 26.1 Å². The predicted molar refractivity (Wildman–Crippen MR) is 155 cm³/mol. The van der Waals surface area contributed by atoms with Gasteiger partial charge >= 0.3 is 11.9 Å². The van der Waals surface area contributed by atoms with Crippen LogP contribution in [0.15, 0.2) is 89.1 Å². The van der Waals surface area contributed by atoms with Gasteiger partial charge in [-0.3, -0.25) is 30.2 Å². The Hall–Kier alpha value is -5.31. The molecule has 1 spiro atoms. The van der Waals surface area contributed by atoms with E-state index < -0.39 is 43.9 Å². The second kappa shape index (κ2) is 9.90. The zero-order chi connectivity index (χ0) is 29.9. The molecule has 0 N–H and O–H groups in total. The zero-order valence-corrected chi connectivity index (χ0v) is 22.8. The van der Waals surface area contributed by atoms with Gasteiger partial charge in [0, 0.05) is 24.3 Å². The molecule has 2 saturated heterocycles. The van der Waals surface area contributed by atoms with Crippen molar-refractivity contribution in [3.05, 3.63) is 105 Å². The Morgan fingerprint density at radius 1 is 0.930 bits per heavy atom. The van der Waals surface area contributed by atoms with Crippen LogP contribution in [0.1, 0.15) is 5.56 Å². The molecule has 7 rings (SSSR count). The summed E-state index contributed by atoms with van der Waals surface area (Å²) < 4.78 is 10.2. The summed E-state index contributed by atoms with van der Waals surface area (Å²) in [5.74, 6) is -1.91. The molecule has 0 aromatic heterocycles. The third kappa shape index (κ3) is 4.19. The second-order valence-corrected chi connectivity index (χ2v) is 11.6. The van der Waals surface area contributed by atoms with Crippen LogP contribution in [0.2, 0.25) is 0 Å². The van der Waals surface area contributed by atoms with E-state index in [0.29, 0.717) is 11.4 Å². The van der Waals surface area contributed by atoms with Gasteiger partial charge < -0.3 is 9.47 Å². The molecule has 0 unspecified atom stereocenters. The normalized spacial score (nSPS) is 24.9. The van der Waals surface area contributed by atoms with Crippen molar-refractivity contribution in [3.8, 4) is 0 Å². The predicted octanol–water partition coefficient (Wildman–Crippen LogP) is 3.65. The maximum Gasteiger partial charge on any atom is 0.356 e. The average molecular weight is 601 g/mol. The number of thioether (sulfide) groups is 1. The van der Waals surface area contributed by atoms with Crippen molar-refractivity contribution in [2.45, 2.75) is 22.8 Å². The van der Waals surface area contributed by atoms with E-state index in [1.165, 1.54) is 48.2 Å². The van der Waals surface area contributed by atoms with Crippen molar-refractivity contribution < 1.29 is 28.9 Å². The third-order valence-electron chi connectivity index (χ3n) is 7.78. The van der Waals surface area contributed by atoms with Crippen molar-refractivity contribution in [1.82, 2.24) is 0 Å². The summed E-state index contributed by atoms with van der Waals surface area (Å²) in [6.07, 6.45) is 0. The first-order chi connectivity index (χ1) is 20.8. The number of nitro groups is 2. The number of rotatable bonds is 7. The van der Waals surface area contributed by atoms with Crippen LogP contribution in [0.25, 0.3) is 0 Å². The number of esters is 2. The minimum Gasteiger partial charge on any atom is -0.459 e. The first kappa shape index (κ1) is 26.6. The molecular weight excluding hydrogens is 580 g/mol. The number of non-ortho nitro benzene ring substituents is 2. The number of nitro benzene ring substituents is 2. The SMILES string of the molecule is O=C(OCc1ccccc1)C1=NN(c2ccc([N+](=O)[O-])cc2)[C@H]2S[C@]34COC(=O)C3=NN(c3ccc([N+](=O)[O-])cc3)[C@@H]4[C@@H]12. The molecule has 0 aliphatic carbocycles. The Balaban J connectivity index is 1.30. The molecule has 43 heavy (non-hydrogen) atoms. The number of carbonyl (C=O) groups excluding carboxylic acids is 2. The van der Waals surface area contributed by atoms with Crippen LogP contribution >= 0.6 is 11.8 Å². The number of cyclic esters (lactones) is 1. The molecule has 4 aliphatic rings. The van der Waals surface area contributed by atoms with Gasteiger partial charge in [0.25, 0.3) is 11.4 Å². The molecule has 0 saturated carbocycles. The minimum atomic E-state index is -0.978. The molecule has 0 bridgehead atoms. The van der Waals surface area contributed by atoms with E-state index in [9.17, 15) is 29.8 Å². The van der Waals surface area contributed by atoms with Crippen LogP contribution in [0.4, 0.5) is 22.7 Å². The summed E-state index contributed by atoms with van der Waals surface area (Å²) in [4.78, 5) is 48.1. The monoisotopic (exact) mass is 600 g/mol. The van der Waals surface area contributed by atoms with Crippen LogP contribution in [-0.2, 0) is 25.7 Å². The third-order valence-corrected chi connectivity index (χ3v) is 9.49. The number of anilines is 2. The van der Waals surface area contributed by atoms with E-state index in [4.69, 9.17) is 9.47 Å². The summed E-state index contributed by atoms with van der Waals surface area (Å²) in [6, 6.07) is 20.1. The highest BCUT2D eigenvalue weighted by atomic mass is 32.2. The molecule has 4 atom stereocenters. The van der Waals surface area contributed by atoms with E-state index in [0.717, 1.165) is 5.56 Å². The second-order valence-electron chi connectivity index (χ2n) is 10.2. The molecule has 15 heteroatoms. The van der Waals surface area contributed by atoms with Crippen LogP contribution in [0.5, 0.6) is 0 Å². The Morgan fingerprint density at radius 3 is 2.14 bits per heavy atom. The number of ether oxygens (including phenoxy) is 2. The van der Waals surface area contributed by atoms with Gasteiger partial charge in [-0.1, -0.05) is 30.3 Å². The first-order valence-electron chi connectivity index (χ1n) is 13.1. The summed E-state index contributed by atoms with van der Waals surface area (Å²) in [6.45, 7) is 0.00288. The highest BCUT2D eigenvalue weighted by Crippen LogP contribution is 2.59. The Bertz CT molecular complexity index is 1730. The van der Waals surface area contributed by atoms with Gasteiger partial charge in [-0.15, -0.1) is 11.8 Å². The number of hydrazone groups is 2. The minimum absolute atomic E-state index is 0.00305. The number of carbonyl (C=O) groups is 2. The van der Waals surface area contributed by atoms with Crippen molar-refractivity contribution in [3.63, 3.8) is 0 Å². The number of hydrogen-bond donors (Lipinski definition) is 0. The Labute approximate surface area is 246 Å². The van der Waals surface area contributed by atoms with Crippen molar-refractivity contribution in [2.24, 2.45) is 16.1 Å². The molecule has 2 fully saturated rings. The molecule has 4 heterocycles. The number of benzene rings is 3. The molecular formula is C28H20N6O8S. The summed E-state index contributed by atoms with van der Waals surface area (Å²) >= 11 is 1.37. The first-order valence-corrected chi connectivity index (χ1v) is 14.0. The van der Waals surface area contributed by atoms with Gasteiger partial charge in [0.05, 0.1) is 33.2 Å². The van der Waals surface area contributed by atoms with Gasteiger partial charge in [0.2, 0.25) is 0 Å². The highest BCUT2D eigenvalue weighted by molar-refractivity contribution is 8.02. The van der Waals surface area contributed by atoms with Crippen LogP contribution in [-0.4, -0.2) is 56.0 Å². The highest BCUT2D eigenvalue weighted by Gasteiger charge is 2.72. The van der Waals surface area contributed by atoms with E-state index in [1.54, 1.807) is 22.2 Å². The van der Waals surface area contributed by atoms with Crippen molar-refractivity contribution >= 4 is 57.9 Å². The van der Waals surface area contributed by atoms with Gasteiger partial charge in [-0.05, 0) is 29.8 Å². The molecule has 216 valence electrons. The lowest BCUT2D eigenvalue weighted by Gasteiger charge is -2.31. The summed E-state index contributed by atoms with van der Waals surface area (Å²) in [7, 11) is 0. The lowest BCUT2D eigenvalue weighted by molar-refractivity contribution is -0.385. The molecule has 3 aromatic carbocycles. The molecule has 0 radical (unpaired) electrons. The van der Waals surface area contributed by atoms with Gasteiger partial charge in [0.1, 0.15) is 23.3 Å². The van der Waals surface area contributed by atoms with E-state index in [1.807, 2.05) is 30.3 Å². The van der Waals surface area contributed by atoms with E-state index in [2.05, 4.69) is 10.2 Å². The quantitative estimate of drug-likeness (QED) is 0.220. The maximum absolute atomic E-state index is 13.7. The number of fused-ring (bicyclic) bond motifs is 2. The van der Waals surface area contributed by atoms with E-state index in [-0.39, 0.29) is 36.0 Å². The van der Waals surface area contributed by atoms with E-state index >= 15 is 0 Å². The number of hydrogen-bond acceptors (Lipinski definition) is 13. The fourth-order valence-electron chi connectivity index (χ4n) is 5.82. The average Bonchev–Trinajstić information content (AvgIpc) is 3.72. The number of nitrogens with zero attached hydrogens (tertiary/aromatic N) is 6. The molecule has 14 nitrogen and oxygen atoms in total. The topological polar surface area (TPSA) is 170 Å². The van der Waals surface area contributed by atoms with Crippen LogP contribution < -0.4 is 10.0 Å². The smallest absolute Gasteiger partial charge is 0.356 e. The zero-order valence-electron chi connectivity index (χ0n) is 22.0. The molecule has 3 aromatic rings. The van der Waals surface area contributed by atoms with Crippen molar-refractivity contribution in [1.29, 1.82) is 0 Å². The maximum atomic E-state index is 13.7. The molecule has 4 aliphatic heterocycles. The summed E-state index contributed by atoms with van der Waals surface area (Å²) in [5.41, 5.74) is 1.82. The standard InChI is InChI=1S/C28H20N6O8S/c35-26(41-14-16-4-2-1-3-5-16)22-21-24-28(43-25(21)32(29-22)18-8-12-20(13-9-18)34(39)40)15-42-27(36)23(28)30-31(24)17-6-10-19(11-7-17)33(37)38/h1-13,21,24-25H,14-15H2/t21-,24-,25+,28-/m1/s1. The van der Waals surface area contributed by atoms with Gasteiger partial charge in [-0.2, -0.15) is 10.2 Å². The van der Waals surface area contributed by atoms with Crippen LogP contribution in [0.3, 0.4) is 0 Å². The van der Waals surface area contributed by atoms with Gasteiger partial charge in [0.15, 0.2) is 11.4 Å². The largest absolute Gasteiger partial charge is 0.459 e. The lowest BCUT2D eigenvalue weighted by Crippen LogP contribution is -2.50. The lowest BCUT2D eigenvalue weighted by atomic mass is 9.84. The Morgan fingerprint density at radius 2 is 1.53 bits per heavy atom. The fourth-order valence-corrected chi connectivity index (χ4v) is 7.70. The summed E-state index contributed by atoms with van der Waals surface area (Å²) in [5, 5.41) is 34.5.